The molecule has 0 atom stereocenters. The molecular weight excluding hydrogens is 691 g/mol. The van der Waals surface area contributed by atoms with Crippen LogP contribution in [0.25, 0.3) is 115 Å². The molecule has 0 N–H and O–H groups in total. The quantitative estimate of drug-likeness (QED) is 0.169. The second kappa shape index (κ2) is 11.5. The van der Waals surface area contributed by atoms with Gasteiger partial charge in [-0.2, -0.15) is 0 Å². The molecule has 0 unspecified atom stereocenters. The topological polar surface area (TPSA) is 14.3 Å². The van der Waals surface area contributed by atoms with E-state index in [-0.39, 0.29) is 0 Å². The Hall–Kier alpha value is -7.62. The fourth-order valence-electron chi connectivity index (χ4n) is 10.1. The van der Waals surface area contributed by atoms with Gasteiger partial charge in [0.2, 0.25) is 0 Å². The Labute approximate surface area is 327 Å². The van der Waals surface area contributed by atoms with Crippen molar-refractivity contribution in [2.45, 2.75) is 0 Å². The van der Waals surface area contributed by atoms with Gasteiger partial charge in [0.25, 0.3) is 0 Å². The number of aromatic nitrogens is 3. The van der Waals surface area contributed by atoms with E-state index in [1.165, 1.54) is 97.7 Å². The molecule has 0 saturated heterocycles. The minimum Gasteiger partial charge on any atom is -0.309 e. The SMILES string of the molecule is c1ccc2c(c1)c1cccc(-n3c4ccccc4c4ccccc43)c1c1ccccc1n1c3ccccc3c3cc(-n4c5ccccc5c5ccccc54)cc2c31. The lowest BCUT2D eigenvalue weighted by molar-refractivity contribution is 1.19. The molecule has 0 spiro atoms. The molecule has 9 aromatic carbocycles. The first kappa shape index (κ1) is 30.7. The molecule has 0 aliphatic carbocycles. The van der Waals surface area contributed by atoms with Crippen LogP contribution in [-0.2, 0) is 0 Å². The number of para-hydroxylation sites is 6. The highest BCUT2D eigenvalue weighted by Gasteiger charge is 2.21. The Bertz CT molecular complexity index is 3770. The molecule has 4 heterocycles. The van der Waals surface area contributed by atoms with Crippen molar-refractivity contribution in [2.75, 3.05) is 0 Å². The van der Waals surface area contributed by atoms with Crippen LogP contribution in [0.1, 0.15) is 0 Å². The van der Waals surface area contributed by atoms with Gasteiger partial charge in [0.15, 0.2) is 0 Å². The highest BCUT2D eigenvalue weighted by Crippen LogP contribution is 2.43. The van der Waals surface area contributed by atoms with Gasteiger partial charge >= 0.3 is 0 Å². The summed E-state index contributed by atoms with van der Waals surface area (Å²) in [5.74, 6) is 0. The van der Waals surface area contributed by atoms with Crippen molar-refractivity contribution in [3.8, 4) is 11.4 Å². The Kier molecular flexibility index (Phi) is 6.16. The zero-order valence-electron chi connectivity index (χ0n) is 30.9. The monoisotopic (exact) mass is 723 g/mol. The smallest absolute Gasteiger partial charge is 0.0621 e. The van der Waals surface area contributed by atoms with Crippen LogP contribution in [0.2, 0.25) is 0 Å². The molecule has 0 amide bonds. The average Bonchev–Trinajstić information content (AvgIpc) is 3.92. The molecule has 3 heteroatoms. The Morgan fingerprint density at radius 2 is 0.596 bits per heavy atom. The predicted octanol–water partition coefficient (Wildman–Crippen LogP) is 14.5. The van der Waals surface area contributed by atoms with E-state index >= 15 is 0 Å². The highest BCUT2D eigenvalue weighted by molar-refractivity contribution is 6.27. The Morgan fingerprint density at radius 3 is 1.12 bits per heavy atom. The summed E-state index contributed by atoms with van der Waals surface area (Å²) in [6, 6.07) is 74.1. The van der Waals surface area contributed by atoms with Crippen molar-refractivity contribution >= 4 is 103 Å². The third-order valence-electron chi connectivity index (χ3n) is 12.4. The molecular formula is C54H33N3. The van der Waals surface area contributed by atoms with Gasteiger partial charge in [0.1, 0.15) is 0 Å². The van der Waals surface area contributed by atoms with Gasteiger partial charge in [-0.3, -0.25) is 0 Å². The standard InChI is InChI=1S/C54H33N3/c1-2-17-36-35(16-1)42-24-15-31-52(56-48-27-11-5-20-39(48)40-21-6-12-28-49(40)56)53(42)43-23-8-14-30-51(43)57-50-29-13-7-22-41(50)45-33-34(32-44(36)54(45)57)55-46-25-9-3-18-37(46)38-19-4-10-26-47(38)55/h1-33H. The van der Waals surface area contributed by atoms with Crippen LogP contribution < -0.4 is 0 Å². The van der Waals surface area contributed by atoms with Crippen LogP contribution in [0.4, 0.5) is 0 Å². The first-order chi connectivity index (χ1) is 28.3. The van der Waals surface area contributed by atoms with E-state index in [9.17, 15) is 0 Å². The summed E-state index contributed by atoms with van der Waals surface area (Å²) in [5.41, 5.74) is 10.7. The van der Waals surface area contributed by atoms with Gasteiger partial charge in [-0.15, -0.1) is 0 Å². The van der Waals surface area contributed by atoms with Crippen molar-refractivity contribution < 1.29 is 0 Å². The lowest BCUT2D eigenvalue weighted by atomic mass is 9.99. The number of nitrogens with zero attached hydrogens (tertiary/aromatic N) is 3. The summed E-state index contributed by atoms with van der Waals surface area (Å²) in [6.45, 7) is 0. The first-order valence-electron chi connectivity index (χ1n) is 19.7. The summed E-state index contributed by atoms with van der Waals surface area (Å²) in [7, 11) is 0. The molecule has 4 aromatic heterocycles. The number of hydrogen-bond donors (Lipinski definition) is 0. The van der Waals surface area contributed by atoms with Crippen molar-refractivity contribution in [1.82, 2.24) is 13.5 Å². The van der Waals surface area contributed by atoms with E-state index in [2.05, 4.69) is 214 Å². The van der Waals surface area contributed by atoms with Gasteiger partial charge in [-0.1, -0.05) is 146 Å². The van der Waals surface area contributed by atoms with Gasteiger partial charge in [-0.25, -0.2) is 0 Å². The molecule has 57 heavy (non-hydrogen) atoms. The average molecular weight is 724 g/mol. The van der Waals surface area contributed by atoms with Crippen LogP contribution in [0, 0.1) is 0 Å². The summed E-state index contributed by atoms with van der Waals surface area (Å²) < 4.78 is 7.49. The summed E-state index contributed by atoms with van der Waals surface area (Å²) in [6.07, 6.45) is 0. The molecule has 264 valence electrons. The van der Waals surface area contributed by atoms with Crippen LogP contribution in [-0.4, -0.2) is 13.5 Å². The minimum absolute atomic E-state index is 1.15. The summed E-state index contributed by atoms with van der Waals surface area (Å²) in [4.78, 5) is 0. The van der Waals surface area contributed by atoms with Crippen LogP contribution in [0.3, 0.4) is 0 Å². The third-order valence-corrected chi connectivity index (χ3v) is 12.4. The third kappa shape index (κ3) is 4.10. The number of rotatable bonds is 2. The summed E-state index contributed by atoms with van der Waals surface area (Å²) in [5, 5.41) is 14.8. The van der Waals surface area contributed by atoms with E-state index in [0.29, 0.717) is 0 Å². The molecule has 0 aliphatic heterocycles. The lowest BCUT2D eigenvalue weighted by Crippen LogP contribution is -1.96. The lowest BCUT2D eigenvalue weighted by Gasteiger charge is -2.13. The van der Waals surface area contributed by atoms with E-state index in [1.807, 2.05) is 0 Å². The predicted molar refractivity (Wildman–Crippen MR) is 242 cm³/mol. The maximum Gasteiger partial charge on any atom is 0.0621 e. The largest absolute Gasteiger partial charge is 0.309 e. The molecule has 0 fully saturated rings. The van der Waals surface area contributed by atoms with Crippen molar-refractivity contribution in [1.29, 1.82) is 0 Å². The van der Waals surface area contributed by atoms with Gasteiger partial charge in [0.05, 0.1) is 44.3 Å². The second-order valence-corrected chi connectivity index (χ2v) is 15.2. The van der Waals surface area contributed by atoms with E-state index in [4.69, 9.17) is 0 Å². The van der Waals surface area contributed by atoms with E-state index < -0.39 is 0 Å². The minimum atomic E-state index is 1.15. The fraction of sp³-hybridized carbons (Fsp3) is 0. The van der Waals surface area contributed by atoms with Crippen molar-refractivity contribution in [2.24, 2.45) is 0 Å². The molecule has 0 bridgehead atoms. The molecule has 13 rings (SSSR count). The Balaban J connectivity index is 1.32. The fourth-order valence-corrected chi connectivity index (χ4v) is 10.1. The molecule has 0 radical (unpaired) electrons. The molecule has 13 aromatic rings. The maximum atomic E-state index is 2.54. The van der Waals surface area contributed by atoms with Crippen LogP contribution in [0.15, 0.2) is 200 Å². The van der Waals surface area contributed by atoms with E-state index in [0.717, 1.165) is 16.9 Å². The normalized spacial score (nSPS) is 12.2. The Morgan fingerprint density at radius 1 is 0.246 bits per heavy atom. The molecule has 0 saturated carbocycles. The second-order valence-electron chi connectivity index (χ2n) is 15.2. The zero-order valence-corrected chi connectivity index (χ0v) is 30.9. The number of fused-ring (bicyclic) bond motifs is 16. The van der Waals surface area contributed by atoms with Gasteiger partial charge in [0, 0.05) is 54.2 Å². The highest BCUT2D eigenvalue weighted by atomic mass is 15.0. The van der Waals surface area contributed by atoms with E-state index in [1.54, 1.807) is 0 Å². The van der Waals surface area contributed by atoms with Crippen LogP contribution >= 0.6 is 0 Å². The van der Waals surface area contributed by atoms with Crippen molar-refractivity contribution in [3.05, 3.63) is 200 Å². The van der Waals surface area contributed by atoms with Gasteiger partial charge < -0.3 is 13.5 Å². The number of benzene rings is 9. The molecule has 0 aliphatic rings. The number of hydrogen-bond acceptors (Lipinski definition) is 0. The van der Waals surface area contributed by atoms with Crippen molar-refractivity contribution in [3.63, 3.8) is 0 Å². The van der Waals surface area contributed by atoms with Crippen LogP contribution in [0.5, 0.6) is 0 Å². The molecule has 3 nitrogen and oxygen atoms in total. The first-order valence-corrected chi connectivity index (χ1v) is 19.7. The van der Waals surface area contributed by atoms with Gasteiger partial charge in [-0.05, 0) is 70.8 Å². The zero-order chi connectivity index (χ0) is 37.2. The summed E-state index contributed by atoms with van der Waals surface area (Å²) >= 11 is 0. The maximum absolute atomic E-state index is 2.54.